The summed E-state index contributed by atoms with van der Waals surface area (Å²) in [7, 11) is 0. The van der Waals surface area contributed by atoms with E-state index in [1.54, 1.807) is 0 Å². The summed E-state index contributed by atoms with van der Waals surface area (Å²) >= 11 is 0. The van der Waals surface area contributed by atoms with Gasteiger partial charge in [0.15, 0.2) is 0 Å². The van der Waals surface area contributed by atoms with Crippen LogP contribution in [0.5, 0.6) is 0 Å². The molecule has 2 rings (SSSR count). The first-order valence-corrected chi connectivity index (χ1v) is 7.47. The van der Waals surface area contributed by atoms with Crippen molar-refractivity contribution in [2.75, 3.05) is 6.61 Å². The second-order valence-corrected chi connectivity index (χ2v) is 7.68. The van der Waals surface area contributed by atoms with Gasteiger partial charge in [-0.1, -0.05) is 58.0 Å². The molecule has 0 N–H and O–H groups in total. The van der Waals surface area contributed by atoms with Crippen molar-refractivity contribution in [3.05, 3.63) is 35.9 Å². The lowest BCUT2D eigenvalue weighted by Gasteiger charge is -2.22. The highest BCUT2D eigenvalue weighted by Crippen LogP contribution is 2.57. The molecule has 0 heterocycles. The Morgan fingerprint density at radius 1 is 1.26 bits per heavy atom. The highest BCUT2D eigenvalue weighted by molar-refractivity contribution is 5.17. The number of rotatable bonds is 5. The molecule has 0 radical (unpaired) electrons. The number of hydrogen-bond donors (Lipinski definition) is 0. The van der Waals surface area contributed by atoms with Gasteiger partial charge in [0, 0.05) is 0 Å². The second-order valence-electron chi connectivity index (χ2n) is 7.68. The summed E-state index contributed by atoms with van der Waals surface area (Å²) in [6.45, 7) is 12.4. The molecule has 0 spiro atoms. The van der Waals surface area contributed by atoms with Crippen molar-refractivity contribution in [1.82, 2.24) is 0 Å². The number of benzene rings is 1. The molecule has 1 heteroatoms. The Bertz CT molecular complexity index is 403. The molecule has 0 amide bonds. The van der Waals surface area contributed by atoms with E-state index < -0.39 is 0 Å². The van der Waals surface area contributed by atoms with E-state index in [4.69, 9.17) is 4.74 Å². The molecule has 1 fully saturated rings. The van der Waals surface area contributed by atoms with Crippen molar-refractivity contribution < 1.29 is 4.74 Å². The molecule has 1 aromatic rings. The summed E-state index contributed by atoms with van der Waals surface area (Å²) in [5.41, 5.74) is 2.13. The van der Waals surface area contributed by atoms with Crippen molar-refractivity contribution in [3.63, 3.8) is 0 Å². The van der Waals surface area contributed by atoms with Crippen LogP contribution in [0, 0.1) is 16.7 Å². The van der Waals surface area contributed by atoms with Crippen LogP contribution in [0.4, 0.5) is 0 Å². The van der Waals surface area contributed by atoms with E-state index in [1.807, 2.05) is 0 Å². The van der Waals surface area contributed by atoms with Crippen molar-refractivity contribution in [1.29, 1.82) is 0 Å². The quantitative estimate of drug-likeness (QED) is 0.704. The summed E-state index contributed by atoms with van der Waals surface area (Å²) in [6, 6.07) is 10.5. The van der Waals surface area contributed by atoms with Gasteiger partial charge in [0.25, 0.3) is 0 Å². The molecule has 106 valence electrons. The largest absolute Gasteiger partial charge is 0.373 e. The summed E-state index contributed by atoms with van der Waals surface area (Å²) in [5, 5.41) is 0. The predicted molar refractivity (Wildman–Crippen MR) is 81.1 cm³/mol. The van der Waals surface area contributed by atoms with Crippen LogP contribution in [0.3, 0.4) is 0 Å². The van der Waals surface area contributed by atoms with E-state index in [0.717, 1.165) is 12.5 Å². The van der Waals surface area contributed by atoms with Gasteiger partial charge in [-0.15, -0.1) is 0 Å². The van der Waals surface area contributed by atoms with Crippen LogP contribution in [-0.2, 0) is 4.74 Å². The van der Waals surface area contributed by atoms with Gasteiger partial charge in [0.1, 0.15) is 0 Å². The minimum absolute atomic E-state index is 0.203. The molecule has 19 heavy (non-hydrogen) atoms. The van der Waals surface area contributed by atoms with Crippen LogP contribution in [0.15, 0.2) is 30.3 Å². The number of hydrogen-bond acceptors (Lipinski definition) is 1. The maximum atomic E-state index is 6.10. The van der Waals surface area contributed by atoms with Crippen molar-refractivity contribution in [2.24, 2.45) is 16.7 Å². The first-order valence-electron chi connectivity index (χ1n) is 7.47. The molecule has 1 aromatic carbocycles. The van der Waals surface area contributed by atoms with Crippen LogP contribution >= 0.6 is 0 Å². The van der Waals surface area contributed by atoms with Crippen LogP contribution in [0.1, 0.15) is 59.1 Å². The molecule has 0 bridgehead atoms. The molecule has 3 atom stereocenters. The van der Waals surface area contributed by atoms with Gasteiger partial charge in [-0.25, -0.2) is 0 Å². The highest BCUT2D eigenvalue weighted by atomic mass is 16.5. The van der Waals surface area contributed by atoms with Crippen LogP contribution < -0.4 is 0 Å². The molecule has 1 aliphatic carbocycles. The normalized spacial score (nSPS) is 28.2. The Kier molecular flexibility index (Phi) is 4.06. The minimum Gasteiger partial charge on any atom is -0.373 e. The molecule has 1 nitrogen and oxygen atoms in total. The molecule has 3 unspecified atom stereocenters. The smallest absolute Gasteiger partial charge is 0.0797 e. The van der Waals surface area contributed by atoms with Crippen LogP contribution in [0.25, 0.3) is 0 Å². The topological polar surface area (TPSA) is 9.23 Å². The molecular formula is C18H28O. The summed E-state index contributed by atoms with van der Waals surface area (Å²) in [5.74, 6) is 0.843. The monoisotopic (exact) mass is 260 g/mol. The fraction of sp³-hybridized carbons (Fsp3) is 0.667. The first kappa shape index (κ1) is 14.6. The van der Waals surface area contributed by atoms with E-state index in [-0.39, 0.29) is 6.10 Å². The van der Waals surface area contributed by atoms with Gasteiger partial charge < -0.3 is 4.74 Å². The lowest BCUT2D eigenvalue weighted by atomic mass is 9.87. The van der Waals surface area contributed by atoms with E-state index in [0.29, 0.717) is 10.8 Å². The van der Waals surface area contributed by atoms with Crippen molar-refractivity contribution in [3.8, 4) is 0 Å². The lowest BCUT2D eigenvalue weighted by molar-refractivity contribution is 0.0305. The summed E-state index contributed by atoms with van der Waals surface area (Å²) in [4.78, 5) is 0. The lowest BCUT2D eigenvalue weighted by Crippen LogP contribution is -2.15. The van der Waals surface area contributed by atoms with E-state index in [9.17, 15) is 0 Å². The summed E-state index contributed by atoms with van der Waals surface area (Å²) in [6.07, 6.45) is 2.84. The fourth-order valence-electron chi connectivity index (χ4n) is 2.87. The molecule has 0 aliphatic heterocycles. The second kappa shape index (κ2) is 5.28. The Balaban J connectivity index is 1.81. The van der Waals surface area contributed by atoms with E-state index in [2.05, 4.69) is 65.0 Å². The number of ether oxygens (including phenoxy) is 1. The standard InChI is InChI=1S/C18H28O/c1-14(15-9-7-6-8-10-15)19-13-18(5)12-16(18)11-17(2,3)4/h6-10,14,16H,11-13H2,1-5H3. The van der Waals surface area contributed by atoms with Crippen LogP contribution in [0.2, 0.25) is 0 Å². The molecule has 0 aromatic heterocycles. The Hall–Kier alpha value is -0.820. The van der Waals surface area contributed by atoms with E-state index in [1.165, 1.54) is 18.4 Å². The molecule has 0 saturated heterocycles. The van der Waals surface area contributed by atoms with Gasteiger partial charge in [0.05, 0.1) is 12.7 Å². The highest BCUT2D eigenvalue weighted by Gasteiger charge is 2.51. The van der Waals surface area contributed by atoms with E-state index >= 15 is 0 Å². The Morgan fingerprint density at radius 3 is 2.47 bits per heavy atom. The molecular weight excluding hydrogens is 232 g/mol. The summed E-state index contributed by atoms with van der Waals surface area (Å²) < 4.78 is 6.10. The van der Waals surface area contributed by atoms with Crippen molar-refractivity contribution >= 4 is 0 Å². The average molecular weight is 260 g/mol. The molecule has 1 aliphatic rings. The third kappa shape index (κ3) is 4.07. The maximum Gasteiger partial charge on any atom is 0.0797 e. The zero-order chi connectivity index (χ0) is 14.1. The van der Waals surface area contributed by atoms with Crippen LogP contribution in [-0.4, -0.2) is 6.61 Å². The maximum absolute atomic E-state index is 6.10. The average Bonchev–Trinajstić information content (AvgIpc) is 2.96. The SMILES string of the molecule is CC(OCC1(C)CC1CC(C)(C)C)c1ccccc1. The third-order valence-corrected chi connectivity index (χ3v) is 4.33. The van der Waals surface area contributed by atoms with Gasteiger partial charge in [0.2, 0.25) is 0 Å². The molecule has 1 saturated carbocycles. The van der Waals surface area contributed by atoms with Gasteiger partial charge in [-0.3, -0.25) is 0 Å². The first-order chi connectivity index (χ1) is 8.80. The zero-order valence-electron chi connectivity index (χ0n) is 13.1. The zero-order valence-corrected chi connectivity index (χ0v) is 13.1. The predicted octanol–water partition coefficient (Wildman–Crippen LogP) is 5.23. The van der Waals surface area contributed by atoms with Gasteiger partial charge in [-0.05, 0) is 42.1 Å². The minimum atomic E-state index is 0.203. The Labute approximate surface area is 118 Å². The fourth-order valence-corrected chi connectivity index (χ4v) is 2.87. The Morgan fingerprint density at radius 2 is 1.89 bits per heavy atom. The van der Waals surface area contributed by atoms with Gasteiger partial charge >= 0.3 is 0 Å². The van der Waals surface area contributed by atoms with Crippen molar-refractivity contribution in [2.45, 2.75) is 53.6 Å². The third-order valence-electron chi connectivity index (χ3n) is 4.33. The van der Waals surface area contributed by atoms with Gasteiger partial charge in [-0.2, -0.15) is 0 Å².